The minimum Gasteiger partial charge on any atom is -0.343 e. The molecule has 0 unspecified atom stereocenters. The van der Waals surface area contributed by atoms with Gasteiger partial charge in [0.1, 0.15) is 11.8 Å². The SMILES string of the molecule is N#Cc1ncccc1Cn1ccc2c(C#N)cccc21. The van der Waals surface area contributed by atoms with Crippen LogP contribution in [0, 0.1) is 22.7 Å². The summed E-state index contributed by atoms with van der Waals surface area (Å²) in [7, 11) is 0. The second-order valence-electron chi connectivity index (χ2n) is 4.42. The lowest BCUT2D eigenvalue weighted by Gasteiger charge is -2.06. The van der Waals surface area contributed by atoms with Gasteiger partial charge in [-0.2, -0.15) is 10.5 Å². The third kappa shape index (κ3) is 1.90. The van der Waals surface area contributed by atoms with E-state index in [1.807, 2.05) is 41.1 Å². The summed E-state index contributed by atoms with van der Waals surface area (Å²) in [5.74, 6) is 0. The summed E-state index contributed by atoms with van der Waals surface area (Å²) < 4.78 is 2.02. The maximum absolute atomic E-state index is 9.10. The quantitative estimate of drug-likeness (QED) is 0.709. The highest BCUT2D eigenvalue weighted by atomic mass is 15.0. The minimum atomic E-state index is 0.436. The molecular formula is C16H10N4. The van der Waals surface area contributed by atoms with Gasteiger partial charge in [-0.3, -0.25) is 0 Å². The molecule has 2 heterocycles. The lowest BCUT2D eigenvalue weighted by atomic mass is 10.1. The fraction of sp³-hybridized carbons (Fsp3) is 0.0625. The molecule has 0 atom stereocenters. The number of hydrogen-bond donors (Lipinski definition) is 0. The Balaban J connectivity index is 2.09. The Hall–Kier alpha value is -3.11. The number of aromatic nitrogens is 2. The van der Waals surface area contributed by atoms with Crippen LogP contribution in [0.25, 0.3) is 10.9 Å². The molecule has 3 aromatic rings. The number of benzene rings is 1. The third-order valence-electron chi connectivity index (χ3n) is 3.27. The predicted molar refractivity (Wildman–Crippen MR) is 74.7 cm³/mol. The highest BCUT2D eigenvalue weighted by molar-refractivity contribution is 5.86. The maximum Gasteiger partial charge on any atom is 0.145 e. The summed E-state index contributed by atoms with van der Waals surface area (Å²) >= 11 is 0. The van der Waals surface area contributed by atoms with E-state index < -0.39 is 0 Å². The van der Waals surface area contributed by atoms with Crippen LogP contribution >= 0.6 is 0 Å². The van der Waals surface area contributed by atoms with Gasteiger partial charge in [0.2, 0.25) is 0 Å². The van der Waals surface area contributed by atoms with E-state index in [1.54, 1.807) is 12.3 Å². The van der Waals surface area contributed by atoms with Crippen molar-refractivity contribution in [1.29, 1.82) is 10.5 Å². The summed E-state index contributed by atoms with van der Waals surface area (Å²) in [4.78, 5) is 4.06. The highest BCUT2D eigenvalue weighted by Crippen LogP contribution is 2.21. The largest absolute Gasteiger partial charge is 0.343 e. The summed E-state index contributed by atoms with van der Waals surface area (Å²) in [6.45, 7) is 0.565. The van der Waals surface area contributed by atoms with Crippen LogP contribution in [-0.4, -0.2) is 9.55 Å². The van der Waals surface area contributed by atoms with Gasteiger partial charge in [0.15, 0.2) is 0 Å². The van der Waals surface area contributed by atoms with Crippen molar-refractivity contribution < 1.29 is 0 Å². The minimum absolute atomic E-state index is 0.436. The average Bonchev–Trinajstić information content (AvgIpc) is 2.91. The molecule has 0 aliphatic heterocycles. The molecule has 1 aromatic carbocycles. The molecule has 4 heteroatoms. The van der Waals surface area contributed by atoms with Gasteiger partial charge >= 0.3 is 0 Å². The highest BCUT2D eigenvalue weighted by Gasteiger charge is 2.08. The van der Waals surface area contributed by atoms with Crippen molar-refractivity contribution in [3.63, 3.8) is 0 Å². The number of nitriles is 2. The van der Waals surface area contributed by atoms with E-state index in [0.717, 1.165) is 16.5 Å². The van der Waals surface area contributed by atoms with Crippen LogP contribution in [0.5, 0.6) is 0 Å². The van der Waals surface area contributed by atoms with Gasteiger partial charge in [0.05, 0.1) is 18.2 Å². The smallest absolute Gasteiger partial charge is 0.145 e. The first-order chi connectivity index (χ1) is 9.83. The first kappa shape index (κ1) is 12.0. The van der Waals surface area contributed by atoms with Crippen molar-refractivity contribution in [1.82, 2.24) is 9.55 Å². The Kier molecular flexibility index (Phi) is 2.91. The summed E-state index contributed by atoms with van der Waals surface area (Å²) in [5, 5.41) is 19.1. The zero-order chi connectivity index (χ0) is 13.9. The van der Waals surface area contributed by atoms with Gasteiger partial charge in [-0.25, -0.2) is 4.98 Å². The first-order valence-electron chi connectivity index (χ1n) is 6.15. The third-order valence-corrected chi connectivity index (χ3v) is 3.27. The molecular weight excluding hydrogens is 248 g/mol. The van der Waals surface area contributed by atoms with Crippen LogP contribution in [0.4, 0.5) is 0 Å². The number of pyridine rings is 1. The van der Waals surface area contributed by atoms with Gasteiger partial charge in [0, 0.05) is 28.9 Å². The zero-order valence-corrected chi connectivity index (χ0v) is 10.6. The second-order valence-corrected chi connectivity index (χ2v) is 4.42. The Morgan fingerprint density at radius 3 is 2.75 bits per heavy atom. The Morgan fingerprint density at radius 1 is 1.05 bits per heavy atom. The van der Waals surface area contributed by atoms with Crippen LogP contribution in [0.2, 0.25) is 0 Å². The molecule has 0 aliphatic carbocycles. The van der Waals surface area contributed by atoms with Crippen molar-refractivity contribution >= 4 is 10.9 Å². The lowest BCUT2D eigenvalue weighted by Crippen LogP contribution is -2.01. The van der Waals surface area contributed by atoms with E-state index in [1.165, 1.54) is 0 Å². The predicted octanol–water partition coefficient (Wildman–Crippen LogP) is 2.83. The summed E-state index contributed by atoms with van der Waals surface area (Å²) in [6.07, 6.45) is 3.54. The van der Waals surface area contributed by atoms with Crippen molar-refractivity contribution in [3.8, 4) is 12.1 Å². The zero-order valence-electron chi connectivity index (χ0n) is 10.6. The van der Waals surface area contributed by atoms with Crippen LogP contribution in [0.15, 0.2) is 48.8 Å². The van der Waals surface area contributed by atoms with Crippen LogP contribution in [0.3, 0.4) is 0 Å². The molecule has 2 aromatic heterocycles. The molecule has 0 spiro atoms. The summed E-state index contributed by atoms with van der Waals surface area (Å²) in [5.41, 5.74) is 2.95. The molecule has 0 N–H and O–H groups in total. The van der Waals surface area contributed by atoms with Gasteiger partial charge in [-0.15, -0.1) is 0 Å². The van der Waals surface area contributed by atoms with E-state index >= 15 is 0 Å². The van der Waals surface area contributed by atoms with Crippen LogP contribution in [-0.2, 0) is 6.54 Å². The van der Waals surface area contributed by atoms with E-state index in [-0.39, 0.29) is 0 Å². The molecule has 0 aliphatic rings. The fourth-order valence-corrected chi connectivity index (χ4v) is 2.31. The molecule has 94 valence electrons. The molecule has 0 bridgehead atoms. The Bertz CT molecular complexity index is 862. The first-order valence-corrected chi connectivity index (χ1v) is 6.15. The topological polar surface area (TPSA) is 65.4 Å². The average molecular weight is 258 g/mol. The molecule has 0 fully saturated rings. The van der Waals surface area contributed by atoms with Gasteiger partial charge in [0.25, 0.3) is 0 Å². The Morgan fingerprint density at radius 2 is 1.95 bits per heavy atom. The van der Waals surface area contributed by atoms with Crippen molar-refractivity contribution in [2.24, 2.45) is 0 Å². The molecule has 3 rings (SSSR count). The summed E-state index contributed by atoms with van der Waals surface area (Å²) in [6, 6.07) is 15.6. The van der Waals surface area contributed by atoms with Crippen LogP contribution < -0.4 is 0 Å². The standard InChI is InChI=1S/C16H10N4/c17-9-12-3-1-5-16-14(12)6-8-20(16)11-13-4-2-7-19-15(13)10-18/h1-8H,11H2. The van der Waals surface area contributed by atoms with Gasteiger partial charge < -0.3 is 4.57 Å². The number of nitrogens with zero attached hydrogens (tertiary/aromatic N) is 4. The number of hydrogen-bond acceptors (Lipinski definition) is 3. The normalized spacial score (nSPS) is 10.1. The molecule has 0 saturated carbocycles. The van der Waals surface area contributed by atoms with Gasteiger partial charge in [-0.05, 0) is 24.3 Å². The maximum atomic E-state index is 9.10. The molecule has 0 amide bonds. The van der Waals surface area contributed by atoms with E-state index in [0.29, 0.717) is 17.8 Å². The van der Waals surface area contributed by atoms with Crippen molar-refractivity contribution in [2.75, 3.05) is 0 Å². The second kappa shape index (κ2) is 4.87. The van der Waals surface area contributed by atoms with E-state index in [9.17, 15) is 0 Å². The molecule has 20 heavy (non-hydrogen) atoms. The number of rotatable bonds is 2. The fourth-order valence-electron chi connectivity index (χ4n) is 2.31. The van der Waals surface area contributed by atoms with Gasteiger partial charge in [-0.1, -0.05) is 12.1 Å². The van der Waals surface area contributed by atoms with E-state index in [2.05, 4.69) is 17.1 Å². The van der Waals surface area contributed by atoms with E-state index in [4.69, 9.17) is 10.5 Å². The molecule has 0 radical (unpaired) electrons. The monoisotopic (exact) mass is 258 g/mol. The van der Waals surface area contributed by atoms with Crippen LogP contribution in [0.1, 0.15) is 16.8 Å². The Labute approximate surface area is 116 Å². The lowest BCUT2D eigenvalue weighted by molar-refractivity contribution is 0.828. The molecule has 0 saturated heterocycles. The van der Waals surface area contributed by atoms with Crippen molar-refractivity contribution in [2.45, 2.75) is 6.54 Å². The van der Waals surface area contributed by atoms with Crippen molar-refractivity contribution in [3.05, 3.63) is 65.6 Å². The molecule has 4 nitrogen and oxygen atoms in total. The number of fused-ring (bicyclic) bond motifs is 1.